The molecule has 122 valence electrons. The van der Waals surface area contributed by atoms with Gasteiger partial charge in [0.15, 0.2) is 0 Å². The number of hydrogen-bond donors (Lipinski definition) is 2. The summed E-state index contributed by atoms with van der Waals surface area (Å²) < 4.78 is 0. The maximum absolute atomic E-state index is 12.2. The van der Waals surface area contributed by atoms with Crippen molar-refractivity contribution in [3.63, 3.8) is 0 Å². The van der Waals surface area contributed by atoms with Crippen molar-refractivity contribution in [1.82, 2.24) is 4.98 Å². The van der Waals surface area contributed by atoms with E-state index < -0.39 is 0 Å². The highest BCUT2D eigenvalue weighted by molar-refractivity contribution is 6.36. The fourth-order valence-electron chi connectivity index (χ4n) is 2.01. The van der Waals surface area contributed by atoms with Crippen LogP contribution in [0.4, 0.5) is 11.5 Å². The zero-order chi connectivity index (χ0) is 16.7. The van der Waals surface area contributed by atoms with Crippen LogP contribution in [0.15, 0.2) is 36.5 Å². The summed E-state index contributed by atoms with van der Waals surface area (Å²) in [5, 5.41) is 6.89. The molecule has 1 heterocycles. The first-order chi connectivity index (χ1) is 11.1. The van der Waals surface area contributed by atoms with Crippen LogP contribution in [0.25, 0.3) is 0 Å². The second kappa shape index (κ2) is 8.75. The summed E-state index contributed by atoms with van der Waals surface area (Å²) in [4.78, 5) is 16.4. The van der Waals surface area contributed by atoms with Crippen molar-refractivity contribution >= 4 is 40.6 Å². The average Bonchev–Trinajstić information content (AvgIpc) is 2.55. The molecule has 0 aliphatic rings. The van der Waals surface area contributed by atoms with Crippen molar-refractivity contribution in [3.05, 3.63) is 52.1 Å². The van der Waals surface area contributed by atoms with Gasteiger partial charge in [-0.05, 0) is 36.8 Å². The van der Waals surface area contributed by atoms with Crippen LogP contribution in [0.1, 0.15) is 36.5 Å². The van der Waals surface area contributed by atoms with Gasteiger partial charge in [0.1, 0.15) is 5.82 Å². The minimum Gasteiger partial charge on any atom is -0.370 e. The molecule has 0 saturated carbocycles. The van der Waals surface area contributed by atoms with Gasteiger partial charge in [0.05, 0.1) is 16.3 Å². The predicted octanol–water partition coefficient (Wildman–Crippen LogP) is 5.24. The third-order valence-electron chi connectivity index (χ3n) is 3.29. The van der Waals surface area contributed by atoms with Crippen molar-refractivity contribution in [2.24, 2.45) is 0 Å². The van der Waals surface area contributed by atoms with Crippen LogP contribution in [0.5, 0.6) is 0 Å². The number of amides is 1. The summed E-state index contributed by atoms with van der Waals surface area (Å²) in [5.74, 6) is 0.501. The number of aromatic nitrogens is 1. The molecule has 0 bridgehead atoms. The molecule has 2 rings (SSSR count). The Morgan fingerprint density at radius 2 is 2.00 bits per heavy atom. The van der Waals surface area contributed by atoms with Gasteiger partial charge < -0.3 is 10.6 Å². The van der Waals surface area contributed by atoms with Gasteiger partial charge in [-0.1, -0.05) is 43.0 Å². The molecular formula is C17H19Cl2N3O. The first-order valence-corrected chi connectivity index (χ1v) is 8.32. The van der Waals surface area contributed by atoms with Crippen LogP contribution >= 0.6 is 23.2 Å². The Morgan fingerprint density at radius 1 is 1.17 bits per heavy atom. The lowest BCUT2D eigenvalue weighted by atomic mass is 10.2. The molecule has 4 nitrogen and oxygen atoms in total. The van der Waals surface area contributed by atoms with E-state index in [2.05, 4.69) is 22.5 Å². The lowest BCUT2D eigenvalue weighted by Crippen LogP contribution is -2.13. The van der Waals surface area contributed by atoms with Crippen molar-refractivity contribution in [2.45, 2.75) is 26.2 Å². The smallest absolute Gasteiger partial charge is 0.257 e. The van der Waals surface area contributed by atoms with Crippen LogP contribution in [0, 0.1) is 0 Å². The molecule has 0 unspecified atom stereocenters. The van der Waals surface area contributed by atoms with Crippen LogP contribution in [0.3, 0.4) is 0 Å². The number of nitrogens with one attached hydrogen (secondary N) is 2. The molecule has 1 amide bonds. The van der Waals surface area contributed by atoms with E-state index in [0.29, 0.717) is 21.3 Å². The summed E-state index contributed by atoms with van der Waals surface area (Å²) in [7, 11) is 0. The van der Waals surface area contributed by atoms with Crippen LogP contribution in [0.2, 0.25) is 10.0 Å². The van der Waals surface area contributed by atoms with Gasteiger partial charge in [0.25, 0.3) is 5.91 Å². The normalized spacial score (nSPS) is 10.4. The number of hydrogen-bond acceptors (Lipinski definition) is 3. The first-order valence-electron chi connectivity index (χ1n) is 7.56. The zero-order valence-corrected chi connectivity index (χ0v) is 14.4. The van der Waals surface area contributed by atoms with Crippen LogP contribution in [-0.4, -0.2) is 17.4 Å². The monoisotopic (exact) mass is 351 g/mol. The Morgan fingerprint density at radius 3 is 2.65 bits per heavy atom. The Hall–Kier alpha value is -1.78. The third-order valence-corrected chi connectivity index (χ3v) is 3.84. The molecule has 0 aliphatic heterocycles. The van der Waals surface area contributed by atoms with Gasteiger partial charge in [0.2, 0.25) is 0 Å². The summed E-state index contributed by atoms with van der Waals surface area (Å²) in [5.41, 5.74) is 0.984. The maximum atomic E-state index is 12.2. The van der Waals surface area contributed by atoms with Crippen molar-refractivity contribution < 1.29 is 4.79 Å². The molecular weight excluding hydrogens is 333 g/mol. The number of pyridine rings is 1. The molecule has 0 radical (unpaired) electrons. The number of carbonyl (C=O) groups is 1. The Labute approximate surface area is 146 Å². The number of unbranched alkanes of at least 4 members (excludes halogenated alkanes) is 2. The standard InChI is InChI=1S/C17H19Cl2N3O/c1-2-3-4-9-20-16-8-5-12(11-21-16)17(23)22-15-7-6-13(18)10-14(15)19/h5-8,10-11H,2-4,9H2,1H3,(H,20,21)(H,22,23). The number of anilines is 2. The number of rotatable bonds is 7. The van der Waals surface area contributed by atoms with Gasteiger partial charge in [-0.2, -0.15) is 0 Å². The highest BCUT2D eigenvalue weighted by atomic mass is 35.5. The molecule has 0 saturated heterocycles. The highest BCUT2D eigenvalue weighted by Gasteiger charge is 2.09. The first kappa shape index (κ1) is 17.6. The molecule has 0 spiro atoms. The van der Waals surface area contributed by atoms with Gasteiger partial charge in [-0.15, -0.1) is 0 Å². The van der Waals surface area contributed by atoms with Gasteiger partial charge in [-0.3, -0.25) is 4.79 Å². The fourth-order valence-corrected chi connectivity index (χ4v) is 2.47. The summed E-state index contributed by atoms with van der Waals surface area (Å²) in [6.07, 6.45) is 5.02. The summed E-state index contributed by atoms with van der Waals surface area (Å²) in [6, 6.07) is 8.45. The van der Waals surface area contributed by atoms with E-state index in [1.165, 1.54) is 12.8 Å². The Bertz CT molecular complexity index is 659. The van der Waals surface area contributed by atoms with E-state index >= 15 is 0 Å². The van der Waals surface area contributed by atoms with Crippen LogP contribution in [-0.2, 0) is 0 Å². The van der Waals surface area contributed by atoms with E-state index in [-0.39, 0.29) is 5.91 Å². The predicted molar refractivity (Wildman–Crippen MR) is 96.7 cm³/mol. The Balaban J connectivity index is 1.94. The zero-order valence-electron chi connectivity index (χ0n) is 12.9. The molecule has 0 fully saturated rings. The largest absolute Gasteiger partial charge is 0.370 e. The molecule has 1 aromatic carbocycles. The van der Waals surface area contributed by atoms with Gasteiger partial charge in [-0.25, -0.2) is 4.98 Å². The number of benzene rings is 1. The van der Waals surface area contributed by atoms with E-state index in [4.69, 9.17) is 23.2 Å². The van der Waals surface area contributed by atoms with Crippen molar-refractivity contribution in [2.75, 3.05) is 17.2 Å². The summed E-state index contributed by atoms with van der Waals surface area (Å²) >= 11 is 11.9. The second-order valence-electron chi connectivity index (χ2n) is 5.14. The van der Waals surface area contributed by atoms with Crippen molar-refractivity contribution in [3.8, 4) is 0 Å². The summed E-state index contributed by atoms with van der Waals surface area (Å²) in [6.45, 7) is 3.05. The highest BCUT2D eigenvalue weighted by Crippen LogP contribution is 2.25. The average molecular weight is 352 g/mol. The Kier molecular flexibility index (Phi) is 6.68. The maximum Gasteiger partial charge on any atom is 0.257 e. The molecule has 23 heavy (non-hydrogen) atoms. The molecule has 0 atom stereocenters. The number of halogens is 2. The van der Waals surface area contributed by atoms with E-state index in [1.807, 2.05) is 0 Å². The topological polar surface area (TPSA) is 54.0 Å². The van der Waals surface area contributed by atoms with Gasteiger partial charge in [0, 0.05) is 17.8 Å². The lowest BCUT2D eigenvalue weighted by molar-refractivity contribution is 0.102. The molecule has 6 heteroatoms. The van der Waals surface area contributed by atoms with Crippen molar-refractivity contribution in [1.29, 1.82) is 0 Å². The van der Waals surface area contributed by atoms with Gasteiger partial charge >= 0.3 is 0 Å². The minimum atomic E-state index is -0.265. The quantitative estimate of drug-likeness (QED) is 0.670. The second-order valence-corrected chi connectivity index (χ2v) is 5.99. The molecule has 2 N–H and O–H groups in total. The molecule has 0 aliphatic carbocycles. The SMILES string of the molecule is CCCCCNc1ccc(C(=O)Nc2ccc(Cl)cc2Cl)cn1. The van der Waals surface area contributed by atoms with E-state index in [0.717, 1.165) is 18.8 Å². The number of carbonyl (C=O) groups excluding carboxylic acids is 1. The minimum absolute atomic E-state index is 0.265. The van der Waals surface area contributed by atoms with E-state index in [1.54, 1.807) is 36.5 Å². The molecule has 1 aromatic heterocycles. The molecule has 2 aromatic rings. The van der Waals surface area contributed by atoms with Crippen LogP contribution < -0.4 is 10.6 Å². The fraction of sp³-hybridized carbons (Fsp3) is 0.294. The van der Waals surface area contributed by atoms with E-state index in [9.17, 15) is 4.79 Å². The third kappa shape index (κ3) is 5.41. The lowest BCUT2D eigenvalue weighted by Gasteiger charge is -2.08. The number of nitrogens with zero attached hydrogens (tertiary/aromatic N) is 1.